The van der Waals surface area contributed by atoms with E-state index in [1.54, 1.807) is 5.57 Å². The monoisotopic (exact) mass is 671 g/mol. The third-order valence-electron chi connectivity index (χ3n) is 13.4. The van der Waals surface area contributed by atoms with Crippen LogP contribution in [0, 0.1) is 46.3 Å². The third-order valence-corrected chi connectivity index (χ3v) is 13.8. The molecule has 0 radical (unpaired) electrons. The van der Waals surface area contributed by atoms with Crippen LogP contribution in [0.4, 0.5) is 5.69 Å². The summed E-state index contributed by atoms with van der Waals surface area (Å²) < 4.78 is 6.12. The van der Waals surface area contributed by atoms with E-state index < -0.39 is 0 Å². The zero-order valence-electron chi connectivity index (χ0n) is 29.7. The van der Waals surface area contributed by atoms with Crippen molar-refractivity contribution in [1.82, 2.24) is 0 Å². The SMILES string of the molecule is CC(C)CCC[C@@H](C)[C@H]1CC[C@H]2[C@@H]3CC=C4C[C@@H](OC(=O)CCCc5ccc(N(CCCl)CCCl)cc5)CC[C@]4(C)[C@H]3CC[C@]12C. The molecule has 3 nitrogen and oxygen atoms in total. The van der Waals surface area contributed by atoms with Crippen molar-refractivity contribution in [2.24, 2.45) is 46.3 Å². The van der Waals surface area contributed by atoms with Crippen LogP contribution in [0.5, 0.6) is 0 Å². The summed E-state index contributed by atoms with van der Waals surface area (Å²) in [5.41, 5.74) is 4.83. The van der Waals surface area contributed by atoms with E-state index in [2.05, 4.69) is 69.9 Å². The van der Waals surface area contributed by atoms with Crippen LogP contribution in [-0.2, 0) is 16.0 Å². The van der Waals surface area contributed by atoms with Crippen LogP contribution in [0.1, 0.15) is 124 Å². The summed E-state index contributed by atoms with van der Waals surface area (Å²) in [6.45, 7) is 14.2. The molecule has 1 aromatic rings. The molecule has 46 heavy (non-hydrogen) atoms. The van der Waals surface area contributed by atoms with Crippen molar-refractivity contribution in [2.75, 3.05) is 29.7 Å². The number of rotatable bonds is 15. The Hall–Kier alpha value is -1.19. The topological polar surface area (TPSA) is 29.5 Å². The van der Waals surface area contributed by atoms with E-state index in [9.17, 15) is 4.79 Å². The van der Waals surface area contributed by atoms with Crippen molar-refractivity contribution < 1.29 is 9.53 Å². The Morgan fingerprint density at radius 1 is 0.935 bits per heavy atom. The Morgan fingerprint density at radius 2 is 1.67 bits per heavy atom. The van der Waals surface area contributed by atoms with Gasteiger partial charge < -0.3 is 9.64 Å². The van der Waals surface area contributed by atoms with Crippen LogP contribution in [0.25, 0.3) is 0 Å². The van der Waals surface area contributed by atoms with Crippen LogP contribution in [0.15, 0.2) is 35.9 Å². The van der Waals surface area contributed by atoms with Crippen LogP contribution in [0.3, 0.4) is 0 Å². The fraction of sp³-hybridized carbons (Fsp3) is 0.780. The van der Waals surface area contributed by atoms with Crippen molar-refractivity contribution in [3.63, 3.8) is 0 Å². The number of esters is 1. The summed E-state index contributed by atoms with van der Waals surface area (Å²) in [6, 6.07) is 8.60. The van der Waals surface area contributed by atoms with Gasteiger partial charge in [0.05, 0.1) is 0 Å². The molecule has 0 aliphatic heterocycles. The van der Waals surface area contributed by atoms with E-state index in [-0.39, 0.29) is 12.1 Å². The normalized spacial score (nSPS) is 32.7. The van der Waals surface area contributed by atoms with Gasteiger partial charge in [-0.1, -0.05) is 77.7 Å². The van der Waals surface area contributed by atoms with E-state index in [4.69, 9.17) is 27.9 Å². The van der Waals surface area contributed by atoms with Gasteiger partial charge in [-0.2, -0.15) is 0 Å². The predicted octanol–water partition coefficient (Wildman–Crippen LogP) is 11.2. The first-order chi connectivity index (χ1) is 22.1. The maximum Gasteiger partial charge on any atom is 0.306 e. The zero-order chi connectivity index (χ0) is 32.9. The van der Waals surface area contributed by atoms with Crippen molar-refractivity contribution in [1.29, 1.82) is 0 Å². The molecule has 5 rings (SSSR count). The van der Waals surface area contributed by atoms with E-state index in [0.29, 0.717) is 29.0 Å². The maximum atomic E-state index is 12.9. The van der Waals surface area contributed by atoms with Gasteiger partial charge in [0.25, 0.3) is 0 Å². The van der Waals surface area contributed by atoms with Crippen molar-refractivity contribution in [3.05, 3.63) is 41.5 Å². The van der Waals surface area contributed by atoms with Gasteiger partial charge in [0.2, 0.25) is 0 Å². The number of hydrogen-bond acceptors (Lipinski definition) is 3. The molecule has 0 amide bonds. The molecule has 8 atom stereocenters. The van der Waals surface area contributed by atoms with Crippen LogP contribution in [-0.4, -0.2) is 36.9 Å². The predicted molar refractivity (Wildman–Crippen MR) is 196 cm³/mol. The number of nitrogens with zero attached hydrogens (tertiary/aromatic N) is 1. The fourth-order valence-corrected chi connectivity index (χ4v) is 11.3. The van der Waals surface area contributed by atoms with Gasteiger partial charge in [-0.25, -0.2) is 0 Å². The Balaban J connectivity index is 1.10. The number of fused-ring (bicyclic) bond motifs is 5. The summed E-state index contributed by atoms with van der Waals surface area (Å²) in [5.74, 6) is 6.27. The molecule has 0 saturated heterocycles. The molecule has 0 bridgehead atoms. The number of anilines is 1. The van der Waals surface area contributed by atoms with Crippen molar-refractivity contribution >= 4 is 34.9 Å². The zero-order valence-corrected chi connectivity index (χ0v) is 31.2. The lowest BCUT2D eigenvalue weighted by Crippen LogP contribution is -2.51. The lowest BCUT2D eigenvalue weighted by molar-refractivity contribution is -0.151. The Morgan fingerprint density at radius 3 is 2.37 bits per heavy atom. The van der Waals surface area contributed by atoms with E-state index in [1.807, 2.05) is 0 Å². The molecule has 4 aliphatic rings. The second kappa shape index (κ2) is 16.0. The molecule has 0 N–H and O–H groups in total. The number of carbonyl (C=O) groups is 1. The van der Waals surface area contributed by atoms with Gasteiger partial charge in [-0.3, -0.25) is 4.79 Å². The molecule has 3 fully saturated rings. The summed E-state index contributed by atoms with van der Waals surface area (Å²) in [6.07, 6.45) is 19.2. The number of halogens is 2. The second-order valence-corrected chi connectivity index (χ2v) is 17.3. The lowest BCUT2D eigenvalue weighted by Gasteiger charge is -2.58. The van der Waals surface area contributed by atoms with Crippen LogP contribution >= 0.6 is 23.2 Å². The first kappa shape index (κ1) is 36.1. The molecule has 4 aliphatic carbocycles. The average Bonchev–Trinajstić information content (AvgIpc) is 3.38. The highest BCUT2D eigenvalue weighted by Gasteiger charge is 2.59. The summed E-state index contributed by atoms with van der Waals surface area (Å²) in [7, 11) is 0. The highest BCUT2D eigenvalue weighted by Crippen LogP contribution is 2.67. The summed E-state index contributed by atoms with van der Waals surface area (Å²) in [4.78, 5) is 15.1. The molecule has 0 heterocycles. The fourth-order valence-electron chi connectivity index (χ4n) is 10.9. The minimum atomic E-state index is -0.0251. The minimum absolute atomic E-state index is 0.0251. The Bertz CT molecular complexity index is 1160. The van der Waals surface area contributed by atoms with Crippen LogP contribution in [0.2, 0.25) is 0 Å². The van der Waals surface area contributed by atoms with Crippen molar-refractivity contribution in [2.45, 2.75) is 131 Å². The largest absolute Gasteiger partial charge is 0.462 e. The molecule has 0 aromatic heterocycles. The standard InChI is InChI=1S/C41H63Cl2NO2/c1-29(2)8-6-9-30(3)36-18-19-37-35-17-14-32-28-34(20-22-40(32,4)38(35)21-23-41(36,37)5)46-39(45)11-7-10-31-12-15-33(16-13-31)44(26-24-42)27-25-43/h12-16,29-30,34-38H,6-11,17-28H2,1-5H3/t30-,34+,35+,36-,37+,38+,40+,41-/m1/s1. The van der Waals surface area contributed by atoms with Gasteiger partial charge >= 0.3 is 5.97 Å². The second-order valence-electron chi connectivity index (χ2n) is 16.5. The first-order valence-electron chi connectivity index (χ1n) is 18.9. The van der Waals surface area contributed by atoms with E-state index in [1.165, 1.54) is 63.4 Å². The number of allylic oxidation sites excluding steroid dienone is 1. The quantitative estimate of drug-likeness (QED) is 0.106. The molecule has 0 unspecified atom stereocenters. The Kier molecular flexibility index (Phi) is 12.6. The van der Waals surface area contributed by atoms with Crippen molar-refractivity contribution in [3.8, 4) is 0 Å². The van der Waals surface area contributed by atoms with E-state index >= 15 is 0 Å². The Labute approximate surface area is 291 Å². The molecule has 258 valence electrons. The number of carbonyl (C=O) groups excluding carboxylic acids is 1. The number of alkyl halides is 2. The third kappa shape index (κ3) is 7.98. The van der Waals surface area contributed by atoms with Gasteiger partial charge in [-0.15, -0.1) is 23.2 Å². The molecule has 5 heteroatoms. The molecular weight excluding hydrogens is 609 g/mol. The number of ether oxygens (including phenoxy) is 1. The van der Waals surface area contributed by atoms with E-state index in [0.717, 1.165) is 80.0 Å². The maximum absolute atomic E-state index is 12.9. The lowest BCUT2D eigenvalue weighted by atomic mass is 9.47. The van der Waals surface area contributed by atoms with Gasteiger partial charge in [0.1, 0.15) is 6.10 Å². The van der Waals surface area contributed by atoms with Gasteiger partial charge in [0, 0.05) is 43.4 Å². The first-order valence-corrected chi connectivity index (χ1v) is 20.0. The molecule has 1 aromatic carbocycles. The van der Waals surface area contributed by atoms with Gasteiger partial charge in [0.15, 0.2) is 0 Å². The highest BCUT2D eigenvalue weighted by molar-refractivity contribution is 6.18. The number of aryl methyl sites for hydroxylation is 1. The average molecular weight is 673 g/mol. The smallest absolute Gasteiger partial charge is 0.306 e. The number of benzene rings is 1. The highest BCUT2D eigenvalue weighted by atomic mass is 35.5. The minimum Gasteiger partial charge on any atom is -0.462 e. The summed E-state index contributed by atoms with van der Waals surface area (Å²) >= 11 is 11.9. The molecule has 3 saturated carbocycles. The number of hydrogen-bond donors (Lipinski definition) is 0. The summed E-state index contributed by atoms with van der Waals surface area (Å²) in [5, 5.41) is 0. The molecular formula is C41H63Cl2NO2. The molecule has 0 spiro atoms. The van der Waals surface area contributed by atoms with Crippen LogP contribution < -0.4 is 4.90 Å². The van der Waals surface area contributed by atoms with Gasteiger partial charge in [-0.05, 0) is 122 Å².